The van der Waals surface area contributed by atoms with Gasteiger partial charge in [-0.25, -0.2) is 4.79 Å². The average Bonchev–Trinajstić information content (AvgIpc) is 2.97. The zero-order chi connectivity index (χ0) is 18.3. The lowest BCUT2D eigenvalue weighted by Gasteiger charge is -2.37. The molecule has 2 N–H and O–H groups in total. The number of carbonyl (C=O) groups is 3. The predicted octanol–water partition coefficient (Wildman–Crippen LogP) is 0.700. The molecule has 0 aliphatic carbocycles. The van der Waals surface area contributed by atoms with Crippen LogP contribution in [0, 0.1) is 0 Å². The Bertz CT molecular complexity index is 750. The summed E-state index contributed by atoms with van der Waals surface area (Å²) in [5, 5.41) is 0. The number of benzene rings is 1. The van der Waals surface area contributed by atoms with Crippen molar-refractivity contribution in [2.45, 2.75) is 24.8 Å². The number of morpholine rings is 1. The van der Waals surface area contributed by atoms with Crippen molar-refractivity contribution in [1.82, 2.24) is 4.90 Å². The molecule has 1 atom stereocenters. The summed E-state index contributed by atoms with van der Waals surface area (Å²) in [4.78, 5) is 41.8. The van der Waals surface area contributed by atoms with Crippen LogP contribution >= 0.6 is 0 Å². The fourth-order valence-electron chi connectivity index (χ4n) is 4.09. The SMILES string of the molecule is NC(=O)[C@]12CCCCN1C(=O)N(c1ccc(N3CCOCC3=O)cc1)C2. The highest BCUT2D eigenvalue weighted by atomic mass is 16.5. The molecule has 3 aliphatic rings. The first-order chi connectivity index (χ1) is 12.5. The summed E-state index contributed by atoms with van der Waals surface area (Å²) in [6.07, 6.45) is 2.37. The van der Waals surface area contributed by atoms with Crippen LogP contribution in [0.25, 0.3) is 0 Å². The molecule has 0 saturated carbocycles. The summed E-state index contributed by atoms with van der Waals surface area (Å²) in [5.41, 5.74) is 6.24. The first-order valence-electron chi connectivity index (χ1n) is 8.90. The van der Waals surface area contributed by atoms with Crippen molar-refractivity contribution >= 4 is 29.2 Å². The van der Waals surface area contributed by atoms with Gasteiger partial charge in [-0.05, 0) is 43.5 Å². The first kappa shape index (κ1) is 16.8. The van der Waals surface area contributed by atoms with E-state index in [-0.39, 0.29) is 25.1 Å². The van der Waals surface area contributed by atoms with Gasteiger partial charge in [-0.2, -0.15) is 0 Å². The molecule has 26 heavy (non-hydrogen) atoms. The monoisotopic (exact) mass is 358 g/mol. The Kier molecular flexibility index (Phi) is 4.07. The lowest BCUT2D eigenvalue weighted by Crippen LogP contribution is -2.58. The highest BCUT2D eigenvalue weighted by Crippen LogP contribution is 2.38. The minimum Gasteiger partial charge on any atom is -0.370 e. The smallest absolute Gasteiger partial charge is 0.325 e. The Morgan fingerprint density at radius 1 is 1.04 bits per heavy atom. The first-order valence-corrected chi connectivity index (χ1v) is 8.90. The zero-order valence-electron chi connectivity index (χ0n) is 14.5. The quantitative estimate of drug-likeness (QED) is 0.860. The van der Waals surface area contributed by atoms with Crippen LogP contribution in [0.4, 0.5) is 16.2 Å². The number of piperidine rings is 1. The van der Waals surface area contributed by atoms with Crippen molar-refractivity contribution in [2.75, 3.05) is 42.6 Å². The van der Waals surface area contributed by atoms with Crippen molar-refractivity contribution in [3.8, 4) is 0 Å². The molecule has 0 unspecified atom stereocenters. The van der Waals surface area contributed by atoms with E-state index in [2.05, 4.69) is 0 Å². The lowest BCUT2D eigenvalue weighted by molar-refractivity contribution is -0.128. The van der Waals surface area contributed by atoms with Gasteiger partial charge in [-0.15, -0.1) is 0 Å². The number of fused-ring (bicyclic) bond motifs is 1. The molecular formula is C18H22N4O4. The minimum absolute atomic E-state index is 0.0777. The van der Waals surface area contributed by atoms with Gasteiger partial charge in [0, 0.05) is 24.5 Å². The fraction of sp³-hybridized carbons (Fsp3) is 0.500. The van der Waals surface area contributed by atoms with E-state index in [1.54, 1.807) is 14.7 Å². The van der Waals surface area contributed by atoms with Crippen molar-refractivity contribution in [3.63, 3.8) is 0 Å². The second kappa shape index (κ2) is 6.28. The highest BCUT2D eigenvalue weighted by molar-refractivity contribution is 6.03. The largest absolute Gasteiger partial charge is 0.370 e. The average molecular weight is 358 g/mol. The molecule has 1 aromatic carbocycles. The number of rotatable bonds is 3. The topological polar surface area (TPSA) is 96.2 Å². The fourth-order valence-corrected chi connectivity index (χ4v) is 4.09. The number of nitrogens with two attached hydrogens (primary N) is 1. The standard InChI is InChI=1S/C18H22N4O4/c19-16(24)18-7-1-2-8-22(18)17(25)21(12-18)14-5-3-13(4-6-14)20-9-10-26-11-15(20)23/h3-6H,1-2,7-12H2,(H2,19,24)/t18-/m1/s1. The van der Waals surface area contributed by atoms with E-state index in [0.29, 0.717) is 31.8 Å². The molecule has 138 valence electrons. The highest BCUT2D eigenvalue weighted by Gasteiger charge is 2.55. The second-order valence-electron chi connectivity index (χ2n) is 6.99. The summed E-state index contributed by atoms with van der Waals surface area (Å²) in [6, 6.07) is 7.07. The number of ether oxygens (including phenoxy) is 1. The van der Waals surface area contributed by atoms with Crippen LogP contribution in [-0.2, 0) is 14.3 Å². The van der Waals surface area contributed by atoms with Crippen molar-refractivity contribution < 1.29 is 19.1 Å². The number of nitrogens with zero attached hydrogens (tertiary/aromatic N) is 3. The Morgan fingerprint density at radius 3 is 2.35 bits per heavy atom. The van der Waals surface area contributed by atoms with Crippen molar-refractivity contribution in [1.29, 1.82) is 0 Å². The Labute approximate surface area is 151 Å². The van der Waals surface area contributed by atoms with Crippen LogP contribution in [0.1, 0.15) is 19.3 Å². The van der Waals surface area contributed by atoms with Gasteiger partial charge in [0.25, 0.3) is 5.91 Å². The second-order valence-corrected chi connectivity index (χ2v) is 6.99. The van der Waals surface area contributed by atoms with Crippen LogP contribution in [0.5, 0.6) is 0 Å². The van der Waals surface area contributed by atoms with Crippen molar-refractivity contribution in [2.24, 2.45) is 5.73 Å². The van der Waals surface area contributed by atoms with Gasteiger partial charge in [0.2, 0.25) is 5.91 Å². The maximum atomic E-state index is 12.9. The zero-order valence-corrected chi connectivity index (χ0v) is 14.5. The van der Waals surface area contributed by atoms with Gasteiger partial charge in [0.05, 0.1) is 13.2 Å². The molecule has 8 nitrogen and oxygen atoms in total. The predicted molar refractivity (Wildman–Crippen MR) is 94.8 cm³/mol. The number of primary amides is 1. The van der Waals surface area contributed by atoms with Gasteiger partial charge in [0.15, 0.2) is 0 Å². The molecule has 3 fully saturated rings. The van der Waals surface area contributed by atoms with E-state index in [9.17, 15) is 14.4 Å². The molecule has 0 aromatic heterocycles. The summed E-state index contributed by atoms with van der Waals surface area (Å²) in [7, 11) is 0. The Hall–Kier alpha value is -2.61. The van der Waals surface area contributed by atoms with E-state index in [1.165, 1.54) is 0 Å². The molecular weight excluding hydrogens is 336 g/mol. The molecule has 3 aliphatic heterocycles. The third kappa shape index (κ3) is 2.52. The third-order valence-corrected chi connectivity index (χ3v) is 5.54. The van der Waals surface area contributed by atoms with Crippen LogP contribution in [-0.4, -0.2) is 61.1 Å². The summed E-state index contributed by atoms with van der Waals surface area (Å²) in [6.45, 7) is 1.94. The molecule has 4 rings (SSSR count). The lowest BCUT2D eigenvalue weighted by atomic mass is 9.87. The summed E-state index contributed by atoms with van der Waals surface area (Å²) < 4.78 is 5.15. The van der Waals surface area contributed by atoms with E-state index < -0.39 is 11.4 Å². The Morgan fingerprint density at radius 2 is 1.73 bits per heavy atom. The maximum Gasteiger partial charge on any atom is 0.325 e. The number of carbonyl (C=O) groups excluding carboxylic acids is 3. The van der Waals surface area contributed by atoms with Gasteiger partial charge >= 0.3 is 6.03 Å². The van der Waals surface area contributed by atoms with Crippen LogP contribution in [0.15, 0.2) is 24.3 Å². The number of urea groups is 1. The van der Waals surface area contributed by atoms with Gasteiger partial charge in [0.1, 0.15) is 12.1 Å². The maximum absolute atomic E-state index is 12.9. The van der Waals surface area contributed by atoms with Crippen LogP contribution < -0.4 is 15.5 Å². The molecule has 0 spiro atoms. The minimum atomic E-state index is -0.909. The van der Waals surface area contributed by atoms with E-state index in [4.69, 9.17) is 10.5 Å². The molecule has 0 radical (unpaired) electrons. The number of amides is 4. The number of hydrogen-bond acceptors (Lipinski definition) is 4. The molecule has 0 bridgehead atoms. The summed E-state index contributed by atoms with van der Waals surface area (Å²) in [5.74, 6) is -0.519. The number of anilines is 2. The van der Waals surface area contributed by atoms with Gasteiger partial charge in [-0.1, -0.05) is 0 Å². The summed E-state index contributed by atoms with van der Waals surface area (Å²) >= 11 is 0. The Balaban J connectivity index is 1.59. The van der Waals surface area contributed by atoms with Crippen molar-refractivity contribution in [3.05, 3.63) is 24.3 Å². The molecule has 4 amide bonds. The normalized spacial score (nSPS) is 26.2. The van der Waals surface area contributed by atoms with Crippen LogP contribution in [0.3, 0.4) is 0 Å². The van der Waals surface area contributed by atoms with E-state index >= 15 is 0 Å². The van der Waals surface area contributed by atoms with E-state index in [0.717, 1.165) is 18.5 Å². The number of hydrogen-bond donors (Lipinski definition) is 1. The molecule has 1 aromatic rings. The van der Waals surface area contributed by atoms with Gasteiger partial charge < -0.3 is 20.3 Å². The van der Waals surface area contributed by atoms with Gasteiger partial charge in [-0.3, -0.25) is 14.5 Å². The molecule has 3 heterocycles. The third-order valence-electron chi connectivity index (χ3n) is 5.54. The van der Waals surface area contributed by atoms with Crippen LogP contribution in [0.2, 0.25) is 0 Å². The molecule has 3 saturated heterocycles. The van der Waals surface area contributed by atoms with E-state index in [1.807, 2.05) is 24.3 Å². The molecule has 8 heteroatoms.